The Morgan fingerprint density at radius 2 is 1.55 bits per heavy atom. The third-order valence-electron chi connectivity index (χ3n) is 6.63. The predicted molar refractivity (Wildman–Crippen MR) is 140 cm³/mol. The lowest BCUT2D eigenvalue weighted by molar-refractivity contribution is -0.143. The number of alkyl halides is 8. The predicted octanol–water partition coefficient (Wildman–Crippen LogP) is 7.85. The number of nitrogens with zero attached hydrogens (tertiary/aromatic N) is 2. The Morgan fingerprint density at radius 3 is 2.02 bits per heavy atom. The van der Waals surface area contributed by atoms with Crippen LogP contribution < -0.4 is 10.2 Å². The zero-order valence-corrected chi connectivity index (χ0v) is 22.6. The Morgan fingerprint density at radius 1 is 1.00 bits per heavy atom. The summed E-state index contributed by atoms with van der Waals surface area (Å²) in [7, 11) is 1.20. The van der Waals surface area contributed by atoms with Crippen LogP contribution in [-0.2, 0) is 22.6 Å². The van der Waals surface area contributed by atoms with Crippen molar-refractivity contribution in [2.45, 2.75) is 45.0 Å². The highest BCUT2D eigenvalue weighted by atomic mass is 19.4. The van der Waals surface area contributed by atoms with Gasteiger partial charge in [0.2, 0.25) is 5.91 Å². The van der Waals surface area contributed by atoms with E-state index in [0.717, 1.165) is 43.3 Å². The summed E-state index contributed by atoms with van der Waals surface area (Å²) in [6.07, 6.45) is -11.2. The number of likely N-dealkylation sites (N-methyl/N-ethyl adjacent to an activating group) is 1. The van der Waals surface area contributed by atoms with Crippen LogP contribution in [0.5, 0.6) is 0 Å². The number of carbonyl (C=O) groups is 1. The van der Waals surface area contributed by atoms with E-state index >= 15 is 0 Å². The van der Waals surface area contributed by atoms with Crippen molar-refractivity contribution in [1.82, 2.24) is 4.98 Å². The molecule has 1 heterocycles. The minimum atomic E-state index is -5.14. The van der Waals surface area contributed by atoms with E-state index in [4.69, 9.17) is 5.41 Å². The van der Waals surface area contributed by atoms with Crippen molar-refractivity contribution in [2.75, 3.05) is 23.8 Å². The summed E-state index contributed by atoms with van der Waals surface area (Å²) in [6.45, 7) is 2.96. The first-order chi connectivity index (χ1) is 19.3. The number of pyridine rings is 1. The number of nitrogens with one attached hydrogen (secondary N) is 2. The first-order valence-electron chi connectivity index (χ1n) is 12.2. The van der Waals surface area contributed by atoms with Crippen LogP contribution in [0.1, 0.15) is 41.7 Å². The molecule has 0 fully saturated rings. The van der Waals surface area contributed by atoms with Crippen molar-refractivity contribution in [3.63, 3.8) is 0 Å². The molecule has 0 saturated carbocycles. The van der Waals surface area contributed by atoms with Gasteiger partial charge in [-0.25, -0.2) is 18.2 Å². The van der Waals surface area contributed by atoms with Gasteiger partial charge in [0.25, 0.3) is 6.43 Å². The molecule has 0 saturated heterocycles. The minimum absolute atomic E-state index is 0.0470. The van der Waals surface area contributed by atoms with Gasteiger partial charge in [0.1, 0.15) is 11.6 Å². The maximum atomic E-state index is 13.9. The van der Waals surface area contributed by atoms with E-state index in [1.165, 1.54) is 20.0 Å². The zero-order chi connectivity index (χ0) is 31.8. The summed E-state index contributed by atoms with van der Waals surface area (Å²) in [4.78, 5) is 18.8. The molecule has 0 aliphatic carbocycles. The van der Waals surface area contributed by atoms with Gasteiger partial charge < -0.3 is 15.6 Å². The standard InChI is InChI=1S/C28H25F9N4O/c1-14-7-18(29)5-6-19(14)23-20(11-38)24(40-13-22(30)31)39-12-21(23)41(4)25(42)26(2,3)15-8-16(27(32,33)34)10-17(9-15)28(35,36)37/h5-12,22,38H,13H2,1-4H3,(H,39,40). The van der Waals surface area contributed by atoms with Crippen LogP contribution >= 0.6 is 0 Å². The van der Waals surface area contributed by atoms with Crippen LogP contribution in [0.15, 0.2) is 42.6 Å². The van der Waals surface area contributed by atoms with E-state index in [0.29, 0.717) is 17.7 Å². The van der Waals surface area contributed by atoms with E-state index < -0.39 is 59.2 Å². The van der Waals surface area contributed by atoms with E-state index in [9.17, 15) is 44.3 Å². The van der Waals surface area contributed by atoms with E-state index in [1.54, 1.807) is 0 Å². The van der Waals surface area contributed by atoms with Gasteiger partial charge >= 0.3 is 12.4 Å². The Balaban J connectivity index is 2.24. The summed E-state index contributed by atoms with van der Waals surface area (Å²) in [5, 5.41) is 10.4. The van der Waals surface area contributed by atoms with Crippen molar-refractivity contribution in [3.05, 3.63) is 76.2 Å². The average Bonchev–Trinajstić information content (AvgIpc) is 2.89. The molecular formula is C28H25F9N4O. The zero-order valence-electron chi connectivity index (χ0n) is 22.6. The van der Waals surface area contributed by atoms with Crippen LogP contribution in [0.2, 0.25) is 0 Å². The lowest BCUT2D eigenvalue weighted by Gasteiger charge is -2.32. The summed E-state index contributed by atoms with van der Waals surface area (Å²) in [6, 6.07) is 4.43. The van der Waals surface area contributed by atoms with Gasteiger partial charge in [-0.15, -0.1) is 0 Å². The quantitative estimate of drug-likeness (QED) is 0.203. The van der Waals surface area contributed by atoms with E-state index in [-0.39, 0.29) is 34.3 Å². The lowest BCUT2D eigenvalue weighted by atomic mass is 9.81. The van der Waals surface area contributed by atoms with Gasteiger partial charge in [0, 0.05) is 24.4 Å². The summed E-state index contributed by atoms with van der Waals surface area (Å²) in [5.74, 6) is -1.74. The molecule has 3 aromatic rings. The van der Waals surface area contributed by atoms with Gasteiger partial charge in [-0.2, -0.15) is 26.3 Å². The van der Waals surface area contributed by atoms with Gasteiger partial charge in [-0.05, 0) is 67.8 Å². The van der Waals surface area contributed by atoms with Crippen LogP contribution in [0.25, 0.3) is 11.1 Å². The molecule has 0 bridgehead atoms. The normalized spacial score (nSPS) is 12.4. The Labute approximate surface area is 234 Å². The lowest BCUT2D eigenvalue weighted by Crippen LogP contribution is -2.42. The second-order valence-electron chi connectivity index (χ2n) is 9.94. The molecule has 5 nitrogen and oxygen atoms in total. The second kappa shape index (κ2) is 11.6. The number of aryl methyl sites for hydroxylation is 1. The molecule has 0 spiro atoms. The average molecular weight is 605 g/mol. The van der Waals surface area contributed by atoms with E-state index in [2.05, 4.69) is 10.3 Å². The molecule has 0 aliphatic rings. The first kappa shape index (κ1) is 32.4. The summed E-state index contributed by atoms with van der Waals surface area (Å²) >= 11 is 0. The minimum Gasteiger partial charge on any atom is -0.364 e. The molecule has 0 aliphatic heterocycles. The van der Waals surface area contributed by atoms with Crippen LogP contribution in [-0.4, -0.2) is 37.1 Å². The SMILES string of the molecule is Cc1cc(F)ccc1-c1c(N(C)C(=O)C(C)(C)c2cc(C(F)(F)F)cc(C(F)(F)F)c2)cnc(NCC(F)F)c1C=N. The molecule has 0 atom stereocenters. The van der Waals surface area contributed by atoms with Crippen molar-refractivity contribution < 1.29 is 44.3 Å². The maximum absolute atomic E-state index is 13.9. The fourth-order valence-electron chi connectivity index (χ4n) is 4.38. The van der Waals surface area contributed by atoms with Gasteiger partial charge in [-0.3, -0.25) is 4.79 Å². The number of halogens is 9. The highest BCUT2D eigenvalue weighted by molar-refractivity contribution is 6.07. The van der Waals surface area contributed by atoms with Gasteiger partial charge in [0.05, 0.1) is 35.0 Å². The molecule has 1 amide bonds. The smallest absolute Gasteiger partial charge is 0.364 e. The Kier molecular flexibility index (Phi) is 8.99. The number of rotatable bonds is 8. The summed E-state index contributed by atoms with van der Waals surface area (Å²) < 4.78 is 121. The topological polar surface area (TPSA) is 69.1 Å². The monoisotopic (exact) mass is 604 g/mol. The molecule has 0 unspecified atom stereocenters. The number of amides is 1. The highest BCUT2D eigenvalue weighted by Gasteiger charge is 2.41. The van der Waals surface area contributed by atoms with Crippen molar-refractivity contribution in [2.24, 2.45) is 0 Å². The molecule has 3 rings (SSSR count). The molecule has 1 aromatic heterocycles. The Bertz CT molecular complexity index is 1470. The third-order valence-corrected chi connectivity index (χ3v) is 6.63. The van der Waals surface area contributed by atoms with Crippen LogP contribution in [0.4, 0.5) is 51.0 Å². The molecule has 0 radical (unpaired) electrons. The van der Waals surface area contributed by atoms with Gasteiger partial charge in [-0.1, -0.05) is 6.07 Å². The fourth-order valence-corrected chi connectivity index (χ4v) is 4.38. The van der Waals surface area contributed by atoms with Crippen molar-refractivity contribution in [1.29, 1.82) is 5.41 Å². The number of hydrogen-bond donors (Lipinski definition) is 2. The largest absolute Gasteiger partial charge is 0.416 e. The van der Waals surface area contributed by atoms with Crippen LogP contribution in [0, 0.1) is 18.2 Å². The first-order valence-corrected chi connectivity index (χ1v) is 12.2. The molecule has 42 heavy (non-hydrogen) atoms. The molecule has 2 aromatic carbocycles. The molecular weight excluding hydrogens is 579 g/mol. The maximum Gasteiger partial charge on any atom is 0.416 e. The van der Waals surface area contributed by atoms with Crippen LogP contribution in [0.3, 0.4) is 0 Å². The summed E-state index contributed by atoms with van der Waals surface area (Å²) in [5.41, 5.74) is -5.21. The van der Waals surface area contributed by atoms with Crippen molar-refractivity contribution in [3.8, 4) is 11.1 Å². The number of hydrogen-bond acceptors (Lipinski definition) is 4. The molecule has 14 heteroatoms. The third kappa shape index (κ3) is 6.68. The molecule has 2 N–H and O–H groups in total. The number of carbonyl (C=O) groups excluding carboxylic acids is 1. The molecule has 226 valence electrons. The van der Waals surface area contributed by atoms with Gasteiger partial charge in [0.15, 0.2) is 0 Å². The Hall–Kier alpha value is -4.10. The number of benzene rings is 2. The highest BCUT2D eigenvalue weighted by Crippen LogP contribution is 2.42. The van der Waals surface area contributed by atoms with E-state index in [1.807, 2.05) is 0 Å². The van der Waals surface area contributed by atoms with Crippen molar-refractivity contribution >= 4 is 23.6 Å². The number of anilines is 2. The second-order valence-corrected chi connectivity index (χ2v) is 9.94. The fraction of sp³-hybridized carbons (Fsp3) is 0.321. The number of aromatic nitrogens is 1.